The summed E-state index contributed by atoms with van der Waals surface area (Å²) in [6.45, 7) is 3.29. The van der Waals surface area contributed by atoms with Crippen molar-refractivity contribution in [2.45, 2.75) is 26.2 Å². The molecule has 2 amide bonds. The Bertz CT molecular complexity index is 712. The summed E-state index contributed by atoms with van der Waals surface area (Å²) in [4.78, 5) is 28.7. The smallest absolute Gasteiger partial charge is 0.227 e. The van der Waals surface area contributed by atoms with E-state index in [0.29, 0.717) is 32.4 Å². The number of fused-ring (bicyclic) bond motifs is 1. The minimum absolute atomic E-state index is 0.0835. The van der Waals surface area contributed by atoms with E-state index in [2.05, 4.69) is 18.0 Å². The van der Waals surface area contributed by atoms with Gasteiger partial charge in [0.1, 0.15) is 0 Å². The first-order valence-electron chi connectivity index (χ1n) is 7.69. The van der Waals surface area contributed by atoms with E-state index in [-0.39, 0.29) is 17.7 Å². The number of aryl methyl sites for hydroxylation is 1. The lowest BCUT2D eigenvalue weighted by Gasteiger charge is -2.30. The van der Waals surface area contributed by atoms with Crippen molar-refractivity contribution >= 4 is 22.7 Å². The van der Waals surface area contributed by atoms with Gasteiger partial charge in [0.2, 0.25) is 11.8 Å². The number of nitrogens with two attached hydrogens (primary N) is 1. The zero-order chi connectivity index (χ0) is 15.7. The van der Waals surface area contributed by atoms with Crippen LogP contribution in [-0.2, 0) is 16.0 Å². The number of amides is 2. The topological polar surface area (TPSA) is 79.2 Å². The van der Waals surface area contributed by atoms with Gasteiger partial charge in [0.15, 0.2) is 0 Å². The summed E-state index contributed by atoms with van der Waals surface area (Å²) in [7, 11) is 0. The summed E-state index contributed by atoms with van der Waals surface area (Å²) in [5.74, 6) is -0.218. The Balaban J connectivity index is 1.69. The Morgan fingerprint density at radius 3 is 2.73 bits per heavy atom. The van der Waals surface area contributed by atoms with Crippen molar-refractivity contribution in [2.75, 3.05) is 13.1 Å². The van der Waals surface area contributed by atoms with Crippen molar-refractivity contribution in [3.8, 4) is 0 Å². The first-order valence-corrected chi connectivity index (χ1v) is 7.69. The molecule has 2 heterocycles. The maximum Gasteiger partial charge on any atom is 0.227 e. The molecule has 1 aromatic heterocycles. The number of nitrogens with zero attached hydrogens (tertiary/aromatic N) is 1. The van der Waals surface area contributed by atoms with Crippen LogP contribution in [0.1, 0.15) is 24.0 Å². The van der Waals surface area contributed by atoms with E-state index in [1.165, 1.54) is 5.56 Å². The van der Waals surface area contributed by atoms with Gasteiger partial charge in [-0.15, -0.1) is 0 Å². The Labute approximate surface area is 129 Å². The number of H-pyrrole nitrogens is 1. The average molecular weight is 299 g/mol. The zero-order valence-corrected chi connectivity index (χ0v) is 12.8. The summed E-state index contributed by atoms with van der Waals surface area (Å²) >= 11 is 0. The minimum atomic E-state index is -0.251. The second-order valence-electron chi connectivity index (χ2n) is 6.05. The Kier molecular flexibility index (Phi) is 3.88. The van der Waals surface area contributed by atoms with Gasteiger partial charge in [-0.25, -0.2) is 0 Å². The molecule has 1 fully saturated rings. The van der Waals surface area contributed by atoms with Gasteiger partial charge in [-0.05, 0) is 30.9 Å². The summed E-state index contributed by atoms with van der Waals surface area (Å²) in [5.41, 5.74) is 8.63. The number of nitrogens with one attached hydrogen (secondary N) is 1. The van der Waals surface area contributed by atoms with E-state index in [1.54, 1.807) is 0 Å². The lowest BCUT2D eigenvalue weighted by atomic mass is 9.96. The van der Waals surface area contributed by atoms with Crippen molar-refractivity contribution in [3.63, 3.8) is 0 Å². The number of para-hydroxylation sites is 1. The van der Waals surface area contributed by atoms with Crippen LogP contribution in [0.5, 0.6) is 0 Å². The summed E-state index contributed by atoms with van der Waals surface area (Å²) < 4.78 is 0. The number of likely N-dealkylation sites (tertiary alicyclic amines) is 1. The van der Waals surface area contributed by atoms with Gasteiger partial charge in [0, 0.05) is 36.1 Å². The number of carbonyl (C=O) groups excluding carboxylic acids is 2. The molecule has 116 valence electrons. The van der Waals surface area contributed by atoms with E-state index in [0.717, 1.165) is 16.5 Å². The van der Waals surface area contributed by atoms with Gasteiger partial charge in [0.05, 0.1) is 6.42 Å². The standard InChI is InChI=1S/C17H21N3O2/c1-11-3-2-4-14-13(10-19-16(11)14)9-15(21)20-7-5-12(6-8-20)17(18)22/h2-4,10,12,19H,5-9H2,1H3,(H2,18,22). The van der Waals surface area contributed by atoms with Crippen LogP contribution in [0.2, 0.25) is 0 Å². The molecule has 2 aromatic rings. The molecule has 0 unspecified atom stereocenters. The number of benzene rings is 1. The third-order valence-electron chi connectivity index (χ3n) is 4.60. The number of aromatic amines is 1. The molecule has 1 aliphatic rings. The number of primary amides is 1. The molecule has 0 spiro atoms. The van der Waals surface area contributed by atoms with Gasteiger partial charge in [0.25, 0.3) is 0 Å². The maximum atomic E-state index is 12.5. The monoisotopic (exact) mass is 299 g/mol. The van der Waals surface area contributed by atoms with E-state index in [9.17, 15) is 9.59 Å². The number of carbonyl (C=O) groups is 2. The van der Waals surface area contributed by atoms with Crippen molar-refractivity contribution in [3.05, 3.63) is 35.5 Å². The number of hydrogen-bond donors (Lipinski definition) is 2. The molecule has 3 N–H and O–H groups in total. The fourth-order valence-electron chi connectivity index (χ4n) is 3.20. The molecule has 1 aromatic carbocycles. The first kappa shape index (κ1) is 14.6. The second kappa shape index (κ2) is 5.83. The molecule has 22 heavy (non-hydrogen) atoms. The highest BCUT2D eigenvalue weighted by molar-refractivity contribution is 5.90. The van der Waals surface area contributed by atoms with Crippen molar-refractivity contribution < 1.29 is 9.59 Å². The largest absolute Gasteiger partial charge is 0.369 e. The highest BCUT2D eigenvalue weighted by Crippen LogP contribution is 2.23. The zero-order valence-electron chi connectivity index (χ0n) is 12.8. The van der Waals surface area contributed by atoms with Crippen molar-refractivity contribution in [1.82, 2.24) is 9.88 Å². The van der Waals surface area contributed by atoms with Crippen LogP contribution >= 0.6 is 0 Å². The summed E-state index contributed by atoms with van der Waals surface area (Å²) in [6.07, 6.45) is 3.67. The van der Waals surface area contributed by atoms with Gasteiger partial charge in [-0.1, -0.05) is 18.2 Å². The number of aromatic nitrogens is 1. The van der Waals surface area contributed by atoms with Gasteiger partial charge < -0.3 is 15.6 Å². The SMILES string of the molecule is Cc1cccc2c(CC(=O)N3CCC(C(N)=O)CC3)c[nH]c12. The number of rotatable bonds is 3. The van der Waals surface area contributed by atoms with Crippen LogP contribution in [0.4, 0.5) is 0 Å². The molecular formula is C17H21N3O2. The highest BCUT2D eigenvalue weighted by atomic mass is 16.2. The number of hydrogen-bond acceptors (Lipinski definition) is 2. The molecule has 0 atom stereocenters. The lowest BCUT2D eigenvalue weighted by molar-refractivity contribution is -0.134. The molecule has 0 aliphatic carbocycles. The summed E-state index contributed by atoms with van der Waals surface area (Å²) in [5, 5.41) is 1.11. The van der Waals surface area contributed by atoms with E-state index >= 15 is 0 Å². The fourth-order valence-corrected chi connectivity index (χ4v) is 3.20. The Morgan fingerprint density at radius 1 is 1.32 bits per heavy atom. The molecule has 3 rings (SSSR count). The Morgan fingerprint density at radius 2 is 2.05 bits per heavy atom. The molecular weight excluding hydrogens is 278 g/mol. The van der Waals surface area contributed by atoms with Crippen LogP contribution in [-0.4, -0.2) is 34.8 Å². The van der Waals surface area contributed by atoms with Gasteiger partial charge >= 0.3 is 0 Å². The van der Waals surface area contributed by atoms with E-state index in [4.69, 9.17) is 5.73 Å². The maximum absolute atomic E-state index is 12.5. The fraction of sp³-hybridized carbons (Fsp3) is 0.412. The van der Waals surface area contributed by atoms with E-state index in [1.807, 2.05) is 23.2 Å². The number of piperidine rings is 1. The molecule has 5 heteroatoms. The van der Waals surface area contributed by atoms with Crippen LogP contribution in [0.15, 0.2) is 24.4 Å². The normalized spacial score (nSPS) is 16.1. The predicted molar refractivity (Wildman–Crippen MR) is 85.2 cm³/mol. The quantitative estimate of drug-likeness (QED) is 0.905. The minimum Gasteiger partial charge on any atom is -0.369 e. The average Bonchev–Trinajstić information content (AvgIpc) is 2.92. The summed E-state index contributed by atoms with van der Waals surface area (Å²) in [6, 6.07) is 6.11. The molecule has 1 aliphatic heterocycles. The van der Waals surface area contributed by atoms with E-state index < -0.39 is 0 Å². The first-order chi connectivity index (χ1) is 10.6. The van der Waals surface area contributed by atoms with Crippen molar-refractivity contribution in [1.29, 1.82) is 0 Å². The third kappa shape index (κ3) is 2.71. The second-order valence-corrected chi connectivity index (χ2v) is 6.05. The molecule has 0 saturated carbocycles. The van der Waals surface area contributed by atoms with Gasteiger partial charge in [-0.2, -0.15) is 0 Å². The highest BCUT2D eigenvalue weighted by Gasteiger charge is 2.26. The lowest BCUT2D eigenvalue weighted by Crippen LogP contribution is -2.42. The van der Waals surface area contributed by atoms with Crippen molar-refractivity contribution in [2.24, 2.45) is 11.7 Å². The molecule has 0 bridgehead atoms. The van der Waals surface area contributed by atoms with Crippen LogP contribution < -0.4 is 5.73 Å². The molecule has 1 saturated heterocycles. The van der Waals surface area contributed by atoms with Crippen LogP contribution in [0.25, 0.3) is 10.9 Å². The third-order valence-corrected chi connectivity index (χ3v) is 4.60. The molecule has 0 radical (unpaired) electrons. The predicted octanol–water partition coefficient (Wildman–Crippen LogP) is 1.74. The van der Waals surface area contributed by atoms with Crippen LogP contribution in [0.3, 0.4) is 0 Å². The Hall–Kier alpha value is -2.30. The van der Waals surface area contributed by atoms with Crippen LogP contribution in [0, 0.1) is 12.8 Å². The van der Waals surface area contributed by atoms with Gasteiger partial charge in [-0.3, -0.25) is 9.59 Å². The molecule has 5 nitrogen and oxygen atoms in total.